The molecule has 1 heterocycles. The largest absolute Gasteiger partial charge is 0.497 e. The highest BCUT2D eigenvalue weighted by molar-refractivity contribution is 5.64. The predicted molar refractivity (Wildman–Crippen MR) is 126 cm³/mol. The van der Waals surface area contributed by atoms with Crippen molar-refractivity contribution in [2.45, 2.75) is 117 Å². The fourth-order valence-electron chi connectivity index (χ4n) is 5.24. The summed E-state index contributed by atoms with van der Waals surface area (Å²) in [5, 5.41) is 0. The molecule has 0 radical (unpaired) electrons. The molecular weight excluding hydrogens is 356 g/mol. The molecular formula is C26H44N2O. The van der Waals surface area contributed by atoms with Crippen molar-refractivity contribution in [3.05, 3.63) is 28.8 Å². The number of fused-ring (bicyclic) bond motifs is 2. The molecule has 0 aromatic heterocycles. The number of aryl methyl sites for hydroxylation is 1. The Morgan fingerprint density at radius 2 is 1.86 bits per heavy atom. The minimum absolute atomic E-state index is 0.00704. The Morgan fingerprint density at radius 1 is 1.21 bits per heavy atom. The Kier molecular flexibility index (Phi) is 8.19. The van der Waals surface area contributed by atoms with Crippen molar-refractivity contribution in [1.29, 1.82) is 0 Å². The van der Waals surface area contributed by atoms with Gasteiger partial charge in [0.25, 0.3) is 0 Å². The molecule has 3 heteroatoms. The Labute approximate surface area is 179 Å². The average molecular weight is 401 g/mol. The van der Waals surface area contributed by atoms with Crippen LogP contribution in [0, 0.1) is 6.92 Å². The fraction of sp³-hybridized carbons (Fsp3) is 0.731. The summed E-state index contributed by atoms with van der Waals surface area (Å²) in [5.74, 6) is 0.991. The molecule has 164 valence electrons. The first-order valence-corrected chi connectivity index (χ1v) is 11.9. The van der Waals surface area contributed by atoms with Crippen LogP contribution in [0.2, 0.25) is 0 Å². The Hall–Kier alpha value is -1.51. The van der Waals surface area contributed by atoms with Gasteiger partial charge in [-0.05, 0) is 75.8 Å². The zero-order valence-corrected chi connectivity index (χ0v) is 20.3. The lowest BCUT2D eigenvalue weighted by molar-refractivity contribution is 0.114. The van der Waals surface area contributed by atoms with Crippen molar-refractivity contribution in [2.24, 2.45) is 4.99 Å². The van der Waals surface area contributed by atoms with Gasteiger partial charge in [0.2, 0.25) is 0 Å². The van der Waals surface area contributed by atoms with Gasteiger partial charge in [-0.15, -0.1) is 0 Å². The highest BCUT2D eigenvalue weighted by Gasteiger charge is 2.49. The van der Waals surface area contributed by atoms with Crippen LogP contribution >= 0.6 is 0 Å². The van der Waals surface area contributed by atoms with E-state index in [0.29, 0.717) is 6.04 Å². The van der Waals surface area contributed by atoms with Crippen molar-refractivity contribution >= 4 is 6.34 Å². The molecule has 2 aliphatic rings. The number of unbranched alkanes of at least 4 members (excludes halogenated alkanes) is 1. The van der Waals surface area contributed by atoms with Gasteiger partial charge in [-0.1, -0.05) is 52.9 Å². The number of hydrogen-bond acceptors (Lipinski definition) is 2. The second-order valence-corrected chi connectivity index (χ2v) is 9.24. The zero-order chi connectivity index (χ0) is 21.7. The van der Waals surface area contributed by atoms with Crippen LogP contribution < -0.4 is 4.74 Å². The fourth-order valence-corrected chi connectivity index (χ4v) is 5.24. The van der Waals surface area contributed by atoms with Gasteiger partial charge in [0.05, 0.1) is 30.6 Å². The van der Waals surface area contributed by atoms with Crippen LogP contribution in [0.4, 0.5) is 0 Å². The quantitative estimate of drug-likeness (QED) is 0.363. The molecule has 0 amide bonds. The van der Waals surface area contributed by atoms with Gasteiger partial charge in [-0.3, -0.25) is 4.99 Å². The van der Waals surface area contributed by atoms with Gasteiger partial charge < -0.3 is 9.64 Å². The highest BCUT2D eigenvalue weighted by atomic mass is 16.5. The van der Waals surface area contributed by atoms with Crippen LogP contribution in [0.25, 0.3) is 0 Å². The molecule has 1 atom stereocenters. The van der Waals surface area contributed by atoms with E-state index in [9.17, 15) is 0 Å². The van der Waals surface area contributed by atoms with Gasteiger partial charge in [0.1, 0.15) is 5.75 Å². The summed E-state index contributed by atoms with van der Waals surface area (Å²) >= 11 is 0. The smallest absolute Gasteiger partial charge is 0.119 e. The van der Waals surface area contributed by atoms with E-state index in [2.05, 4.69) is 58.0 Å². The summed E-state index contributed by atoms with van der Waals surface area (Å²) in [6.07, 6.45) is 12.2. The van der Waals surface area contributed by atoms with Gasteiger partial charge in [0.15, 0.2) is 0 Å². The summed E-state index contributed by atoms with van der Waals surface area (Å²) in [7, 11) is 1.78. The van der Waals surface area contributed by atoms with Crippen molar-refractivity contribution in [3.8, 4) is 5.75 Å². The summed E-state index contributed by atoms with van der Waals surface area (Å²) in [4.78, 5) is 7.69. The molecule has 1 aliphatic heterocycles. The normalized spacial score (nSPS) is 20.6. The summed E-state index contributed by atoms with van der Waals surface area (Å²) in [5.41, 5.74) is 4.44. The molecule has 1 aliphatic carbocycles. The maximum absolute atomic E-state index is 5.63. The first-order valence-electron chi connectivity index (χ1n) is 11.9. The lowest BCUT2D eigenvalue weighted by atomic mass is 9.76. The number of hydrogen-bond donors (Lipinski definition) is 0. The van der Waals surface area contributed by atoms with Crippen molar-refractivity contribution < 1.29 is 4.74 Å². The maximum atomic E-state index is 5.63. The standard InChI is InChI=1S/C24H38N2O.C2H6/c1-7-8-12-23(4,5)25-17-26-19(3)22-18(2)15-20(27-6)16-21(22)24(26)13-10-9-11-14-24;1-2/h15-17,19H,7-14H2,1-6H3;1-2H3. The van der Waals surface area contributed by atoms with E-state index in [1.54, 1.807) is 7.11 Å². The maximum Gasteiger partial charge on any atom is 0.119 e. The van der Waals surface area contributed by atoms with Crippen LogP contribution in [0.5, 0.6) is 5.75 Å². The molecule has 1 unspecified atom stereocenters. The Morgan fingerprint density at radius 3 is 2.45 bits per heavy atom. The monoisotopic (exact) mass is 400 g/mol. The lowest BCUT2D eigenvalue weighted by Gasteiger charge is -2.43. The second kappa shape index (κ2) is 10.00. The molecule has 1 saturated carbocycles. The average Bonchev–Trinajstić information content (AvgIpc) is 2.95. The molecule has 0 saturated heterocycles. The molecule has 1 aromatic rings. The van der Waals surface area contributed by atoms with Crippen molar-refractivity contribution in [1.82, 2.24) is 4.90 Å². The summed E-state index contributed by atoms with van der Waals surface area (Å²) in [6, 6.07) is 4.87. The van der Waals surface area contributed by atoms with E-state index >= 15 is 0 Å². The Bertz CT molecular complexity index is 686. The zero-order valence-electron chi connectivity index (χ0n) is 20.3. The number of benzene rings is 1. The predicted octanol–water partition coefficient (Wildman–Crippen LogP) is 7.56. The molecule has 3 rings (SSSR count). The molecule has 0 bridgehead atoms. The van der Waals surface area contributed by atoms with Crippen molar-refractivity contribution in [2.75, 3.05) is 7.11 Å². The summed E-state index contributed by atoms with van der Waals surface area (Å²) < 4.78 is 5.63. The van der Waals surface area contributed by atoms with Gasteiger partial charge in [-0.25, -0.2) is 0 Å². The minimum atomic E-state index is 0.00704. The Balaban J connectivity index is 0.00000145. The summed E-state index contributed by atoms with van der Waals surface area (Å²) in [6.45, 7) is 15.4. The van der Waals surface area contributed by atoms with E-state index in [1.165, 1.54) is 61.6 Å². The molecule has 29 heavy (non-hydrogen) atoms. The van der Waals surface area contributed by atoms with Crippen LogP contribution in [-0.4, -0.2) is 23.9 Å². The van der Waals surface area contributed by atoms with Crippen LogP contribution in [0.3, 0.4) is 0 Å². The third kappa shape index (κ3) is 4.81. The third-order valence-electron chi connectivity index (χ3n) is 6.78. The molecule has 3 nitrogen and oxygen atoms in total. The molecule has 1 fully saturated rings. The minimum Gasteiger partial charge on any atom is -0.497 e. The topological polar surface area (TPSA) is 24.8 Å². The molecule has 0 N–H and O–H groups in total. The lowest BCUT2D eigenvalue weighted by Crippen LogP contribution is -2.43. The van der Waals surface area contributed by atoms with Crippen molar-refractivity contribution in [3.63, 3.8) is 0 Å². The van der Waals surface area contributed by atoms with Crippen LogP contribution in [0.1, 0.15) is 116 Å². The molecule has 1 aromatic carbocycles. The van der Waals surface area contributed by atoms with E-state index in [-0.39, 0.29) is 11.1 Å². The first-order chi connectivity index (χ1) is 13.8. The van der Waals surface area contributed by atoms with E-state index < -0.39 is 0 Å². The van der Waals surface area contributed by atoms with E-state index in [0.717, 1.165) is 12.2 Å². The SMILES string of the molecule is CC.CCCCC(C)(C)N=CN1C(C)c2c(C)cc(OC)cc2C12CCCCC2. The van der Waals surface area contributed by atoms with Gasteiger partial charge in [0, 0.05) is 0 Å². The molecule has 1 spiro atoms. The highest BCUT2D eigenvalue weighted by Crippen LogP contribution is 2.54. The number of methoxy groups -OCH3 is 1. The van der Waals surface area contributed by atoms with Crippen LogP contribution in [-0.2, 0) is 5.54 Å². The number of aliphatic imine (C=N–C) groups is 1. The van der Waals surface area contributed by atoms with Gasteiger partial charge in [-0.2, -0.15) is 0 Å². The first kappa shape index (κ1) is 23.8. The van der Waals surface area contributed by atoms with E-state index in [4.69, 9.17) is 9.73 Å². The number of ether oxygens (including phenoxy) is 1. The number of nitrogens with zero attached hydrogens (tertiary/aromatic N) is 2. The van der Waals surface area contributed by atoms with E-state index in [1.807, 2.05) is 13.8 Å². The second-order valence-electron chi connectivity index (χ2n) is 9.24. The third-order valence-corrected chi connectivity index (χ3v) is 6.78. The van der Waals surface area contributed by atoms with Gasteiger partial charge >= 0.3 is 0 Å². The van der Waals surface area contributed by atoms with Crippen LogP contribution in [0.15, 0.2) is 17.1 Å². The number of rotatable bonds is 6.